The first-order chi connectivity index (χ1) is 11.9. The Morgan fingerprint density at radius 3 is 2.64 bits per heavy atom. The smallest absolute Gasteiger partial charge is 0.307 e. The van der Waals surface area contributed by atoms with E-state index in [1.165, 1.54) is 12.1 Å². The van der Waals surface area contributed by atoms with Crippen molar-refractivity contribution >= 4 is 21.7 Å². The fourth-order valence-corrected chi connectivity index (χ4v) is 3.61. The Labute approximate surface area is 147 Å². The van der Waals surface area contributed by atoms with Crippen LogP contribution in [-0.4, -0.2) is 51.9 Å². The van der Waals surface area contributed by atoms with Crippen LogP contribution in [0, 0.1) is 6.92 Å². The summed E-state index contributed by atoms with van der Waals surface area (Å²) in [6.45, 7) is 2.52. The van der Waals surface area contributed by atoms with Gasteiger partial charge in [-0.05, 0) is 31.9 Å². The van der Waals surface area contributed by atoms with Gasteiger partial charge in [0, 0.05) is 13.2 Å². The molecule has 0 aromatic heterocycles. The Morgan fingerprint density at radius 1 is 1.28 bits per heavy atom. The van der Waals surface area contributed by atoms with Crippen LogP contribution in [0.5, 0.6) is 0 Å². The summed E-state index contributed by atoms with van der Waals surface area (Å²) in [7, 11) is -3.55. The molecule has 1 aliphatic heterocycles. The maximum Gasteiger partial charge on any atom is 0.307 e. The van der Waals surface area contributed by atoms with Gasteiger partial charge in [0.15, 0.2) is 16.4 Å². The molecule has 25 heavy (non-hydrogen) atoms. The minimum atomic E-state index is -3.55. The lowest BCUT2D eigenvalue weighted by molar-refractivity contribution is -0.148. The zero-order valence-corrected chi connectivity index (χ0v) is 15.0. The van der Waals surface area contributed by atoms with Crippen molar-refractivity contribution in [2.45, 2.75) is 37.2 Å². The Kier molecular flexibility index (Phi) is 6.95. The normalized spacial score (nSPS) is 17.2. The lowest BCUT2D eigenvalue weighted by Crippen LogP contribution is -2.34. The number of nitrogens with one attached hydrogen (secondary N) is 1. The third-order valence-corrected chi connectivity index (χ3v) is 5.60. The minimum Gasteiger partial charge on any atom is -0.456 e. The quantitative estimate of drug-likeness (QED) is 0.687. The summed E-state index contributed by atoms with van der Waals surface area (Å²) in [5.74, 6) is -1.50. The van der Waals surface area contributed by atoms with E-state index in [4.69, 9.17) is 9.47 Å². The second-order valence-corrected chi connectivity index (χ2v) is 8.09. The Hall–Kier alpha value is -1.93. The zero-order valence-electron chi connectivity index (χ0n) is 14.2. The van der Waals surface area contributed by atoms with Crippen LogP contribution in [-0.2, 0) is 28.9 Å². The van der Waals surface area contributed by atoms with Gasteiger partial charge in [0.2, 0.25) is 0 Å². The number of sulfone groups is 1. The number of benzene rings is 1. The van der Waals surface area contributed by atoms with E-state index in [9.17, 15) is 18.0 Å². The Bertz CT molecular complexity index is 692. The molecule has 138 valence electrons. The predicted molar refractivity (Wildman–Crippen MR) is 90.8 cm³/mol. The van der Waals surface area contributed by atoms with Gasteiger partial charge in [-0.3, -0.25) is 9.59 Å². The Balaban J connectivity index is 1.69. The third-order valence-electron chi connectivity index (χ3n) is 3.87. The lowest BCUT2D eigenvalue weighted by atomic mass is 10.2. The first kappa shape index (κ1) is 19.4. The van der Waals surface area contributed by atoms with Crippen LogP contribution in [0.25, 0.3) is 0 Å². The molecule has 0 saturated carbocycles. The molecule has 1 saturated heterocycles. The van der Waals surface area contributed by atoms with E-state index < -0.39 is 28.3 Å². The molecule has 0 unspecified atom stereocenters. The summed E-state index contributed by atoms with van der Waals surface area (Å²) in [6.07, 6.45) is 1.59. The van der Waals surface area contributed by atoms with Crippen molar-refractivity contribution in [2.24, 2.45) is 0 Å². The number of hydrogen-bond acceptors (Lipinski definition) is 6. The van der Waals surface area contributed by atoms with Crippen LogP contribution in [0.4, 0.5) is 0 Å². The SMILES string of the molecule is Cc1ccc(S(=O)(=O)CCC(=O)OCC(=O)NC[C@@H]2CCCO2)cc1. The highest BCUT2D eigenvalue weighted by molar-refractivity contribution is 7.91. The molecule has 1 fully saturated rings. The number of ether oxygens (including phenoxy) is 2. The fraction of sp³-hybridized carbons (Fsp3) is 0.529. The molecule has 0 radical (unpaired) electrons. The van der Waals surface area contributed by atoms with Crippen LogP contribution < -0.4 is 5.32 Å². The molecular formula is C17H23NO6S. The van der Waals surface area contributed by atoms with Crippen LogP contribution in [0.2, 0.25) is 0 Å². The molecule has 1 amide bonds. The molecule has 8 heteroatoms. The molecule has 2 rings (SSSR count). The average Bonchev–Trinajstić information content (AvgIpc) is 3.10. The van der Waals surface area contributed by atoms with Crippen molar-refractivity contribution in [2.75, 3.05) is 25.5 Å². The summed E-state index contributed by atoms with van der Waals surface area (Å²) in [5, 5.41) is 2.62. The van der Waals surface area contributed by atoms with Gasteiger partial charge >= 0.3 is 5.97 Å². The number of carbonyl (C=O) groups is 2. The molecule has 1 atom stereocenters. The van der Waals surface area contributed by atoms with Crippen LogP contribution >= 0.6 is 0 Å². The molecule has 1 N–H and O–H groups in total. The van der Waals surface area contributed by atoms with Crippen LogP contribution in [0.1, 0.15) is 24.8 Å². The fourth-order valence-electron chi connectivity index (χ4n) is 2.38. The van der Waals surface area contributed by atoms with Gasteiger partial charge in [-0.1, -0.05) is 17.7 Å². The molecule has 0 spiro atoms. The highest BCUT2D eigenvalue weighted by Crippen LogP contribution is 2.13. The maximum absolute atomic E-state index is 12.1. The summed E-state index contributed by atoms with van der Waals surface area (Å²) in [5.41, 5.74) is 0.951. The van der Waals surface area contributed by atoms with E-state index in [2.05, 4.69) is 5.32 Å². The van der Waals surface area contributed by atoms with Crippen molar-refractivity contribution in [1.29, 1.82) is 0 Å². The van der Waals surface area contributed by atoms with Gasteiger partial charge in [0.05, 0.1) is 23.2 Å². The second-order valence-electron chi connectivity index (χ2n) is 5.98. The molecule has 1 aliphatic rings. The largest absolute Gasteiger partial charge is 0.456 e. The van der Waals surface area contributed by atoms with Gasteiger partial charge in [-0.15, -0.1) is 0 Å². The third kappa shape index (κ3) is 6.47. The average molecular weight is 369 g/mol. The predicted octanol–water partition coefficient (Wildman–Crippen LogP) is 0.997. The number of esters is 1. The van der Waals surface area contributed by atoms with E-state index >= 15 is 0 Å². The van der Waals surface area contributed by atoms with Crippen molar-refractivity contribution in [3.63, 3.8) is 0 Å². The van der Waals surface area contributed by atoms with Crippen LogP contribution in [0.3, 0.4) is 0 Å². The van der Waals surface area contributed by atoms with E-state index in [1.807, 2.05) is 6.92 Å². The van der Waals surface area contributed by atoms with Gasteiger partial charge in [-0.25, -0.2) is 8.42 Å². The highest BCUT2D eigenvalue weighted by Gasteiger charge is 2.19. The van der Waals surface area contributed by atoms with Gasteiger partial charge in [-0.2, -0.15) is 0 Å². The van der Waals surface area contributed by atoms with E-state index in [-0.39, 0.29) is 23.2 Å². The van der Waals surface area contributed by atoms with Gasteiger partial charge < -0.3 is 14.8 Å². The van der Waals surface area contributed by atoms with Gasteiger partial charge in [0.25, 0.3) is 5.91 Å². The molecule has 1 aromatic carbocycles. The molecule has 1 heterocycles. The van der Waals surface area contributed by atoms with E-state index in [1.54, 1.807) is 12.1 Å². The summed E-state index contributed by atoms with van der Waals surface area (Å²) in [6, 6.07) is 6.41. The van der Waals surface area contributed by atoms with Gasteiger partial charge in [0.1, 0.15) is 0 Å². The maximum atomic E-state index is 12.1. The van der Waals surface area contributed by atoms with Crippen LogP contribution in [0.15, 0.2) is 29.2 Å². The molecular weight excluding hydrogens is 346 g/mol. The Morgan fingerprint density at radius 2 is 2.00 bits per heavy atom. The standard InChI is InChI=1S/C17H23NO6S/c1-13-4-6-15(7-5-13)25(21,22)10-8-17(20)24-12-16(19)18-11-14-3-2-9-23-14/h4-7,14H,2-3,8-12H2,1H3,(H,18,19)/t14-/m0/s1. The van der Waals surface area contributed by atoms with E-state index in [0.717, 1.165) is 18.4 Å². The number of hydrogen-bond donors (Lipinski definition) is 1. The van der Waals surface area contributed by atoms with Crippen molar-refractivity contribution in [3.05, 3.63) is 29.8 Å². The second kappa shape index (κ2) is 8.96. The van der Waals surface area contributed by atoms with Crippen molar-refractivity contribution < 1.29 is 27.5 Å². The first-order valence-corrected chi connectivity index (χ1v) is 9.85. The lowest BCUT2D eigenvalue weighted by Gasteiger charge is -2.11. The highest BCUT2D eigenvalue weighted by atomic mass is 32.2. The molecule has 1 aromatic rings. The minimum absolute atomic E-state index is 0.0132. The zero-order chi connectivity index (χ0) is 18.3. The number of amides is 1. The monoisotopic (exact) mass is 369 g/mol. The topological polar surface area (TPSA) is 98.8 Å². The summed E-state index contributed by atoms with van der Waals surface area (Å²) in [4.78, 5) is 23.4. The molecule has 0 bridgehead atoms. The molecule has 7 nitrogen and oxygen atoms in total. The summed E-state index contributed by atoms with van der Waals surface area (Å²) >= 11 is 0. The number of rotatable bonds is 8. The van der Waals surface area contributed by atoms with Crippen molar-refractivity contribution in [3.8, 4) is 0 Å². The van der Waals surface area contributed by atoms with E-state index in [0.29, 0.717) is 13.2 Å². The molecule has 0 aliphatic carbocycles. The van der Waals surface area contributed by atoms with Crippen molar-refractivity contribution in [1.82, 2.24) is 5.32 Å². The first-order valence-electron chi connectivity index (χ1n) is 8.20. The number of aryl methyl sites for hydroxylation is 1. The number of carbonyl (C=O) groups excluding carboxylic acids is 2. The summed E-state index contributed by atoms with van der Waals surface area (Å²) < 4.78 is 34.4.